The van der Waals surface area contributed by atoms with Gasteiger partial charge in [0.1, 0.15) is 5.82 Å². The molecule has 0 saturated heterocycles. The lowest BCUT2D eigenvalue weighted by molar-refractivity contribution is -0.116. The fourth-order valence-corrected chi connectivity index (χ4v) is 2.65. The zero-order valence-corrected chi connectivity index (χ0v) is 13.6. The fourth-order valence-electron chi connectivity index (χ4n) is 2.65. The third-order valence-corrected chi connectivity index (χ3v) is 3.80. The maximum Gasteiger partial charge on any atom is 0.224 e. The van der Waals surface area contributed by atoms with Gasteiger partial charge in [-0.1, -0.05) is 25.1 Å². The number of carbonyl (C=O) groups is 1. The molecule has 0 saturated carbocycles. The molecule has 1 atom stereocenters. The van der Waals surface area contributed by atoms with E-state index in [2.05, 4.69) is 5.32 Å². The third-order valence-electron chi connectivity index (χ3n) is 3.80. The van der Waals surface area contributed by atoms with Gasteiger partial charge >= 0.3 is 0 Å². The molecule has 2 rings (SSSR count). The van der Waals surface area contributed by atoms with E-state index in [1.54, 1.807) is 24.3 Å². The average Bonchev–Trinajstić information content (AvgIpc) is 2.54. The van der Waals surface area contributed by atoms with Crippen molar-refractivity contribution in [2.24, 2.45) is 5.92 Å². The van der Waals surface area contributed by atoms with Gasteiger partial charge in [-0.3, -0.25) is 4.79 Å². The summed E-state index contributed by atoms with van der Waals surface area (Å²) in [6.45, 7) is 1.60. The normalized spacial score (nSPS) is 12.0. The zero-order chi connectivity index (χ0) is 17.5. The van der Waals surface area contributed by atoms with E-state index in [1.807, 2.05) is 13.0 Å². The maximum atomic E-state index is 13.2. The summed E-state index contributed by atoms with van der Waals surface area (Å²) in [6.07, 6.45) is 0.907. The molecule has 128 valence electrons. The largest absolute Gasteiger partial charge is 0.392 e. The number of carbonyl (C=O) groups excluding carboxylic acids is 1. The second-order valence-corrected chi connectivity index (χ2v) is 6.00. The van der Waals surface area contributed by atoms with Crippen LogP contribution in [0.25, 0.3) is 0 Å². The minimum absolute atomic E-state index is 0.0566. The van der Waals surface area contributed by atoms with Gasteiger partial charge in [0.05, 0.1) is 13.2 Å². The Kier molecular flexibility index (Phi) is 6.46. The van der Waals surface area contributed by atoms with Crippen LogP contribution in [-0.2, 0) is 24.4 Å². The average molecular weight is 331 g/mol. The van der Waals surface area contributed by atoms with E-state index in [0.717, 1.165) is 5.56 Å². The van der Waals surface area contributed by atoms with Crippen LogP contribution in [0.3, 0.4) is 0 Å². The molecule has 3 N–H and O–H groups in total. The van der Waals surface area contributed by atoms with Gasteiger partial charge in [0.15, 0.2) is 0 Å². The van der Waals surface area contributed by atoms with Gasteiger partial charge in [0.25, 0.3) is 0 Å². The van der Waals surface area contributed by atoms with Crippen molar-refractivity contribution in [3.63, 3.8) is 0 Å². The van der Waals surface area contributed by atoms with Crippen LogP contribution < -0.4 is 5.32 Å². The summed E-state index contributed by atoms with van der Waals surface area (Å²) in [5.41, 5.74) is 2.64. The van der Waals surface area contributed by atoms with Crippen LogP contribution in [0.4, 0.5) is 10.1 Å². The maximum absolute atomic E-state index is 13.2. The highest BCUT2D eigenvalue weighted by Gasteiger charge is 2.12. The molecule has 0 spiro atoms. The van der Waals surface area contributed by atoms with Crippen molar-refractivity contribution in [1.82, 2.24) is 0 Å². The molecule has 0 aliphatic rings. The van der Waals surface area contributed by atoms with Crippen LogP contribution in [0.5, 0.6) is 0 Å². The molecule has 1 amide bonds. The highest BCUT2D eigenvalue weighted by Crippen LogP contribution is 2.20. The van der Waals surface area contributed by atoms with Gasteiger partial charge in [0.2, 0.25) is 5.91 Å². The van der Waals surface area contributed by atoms with Gasteiger partial charge < -0.3 is 15.5 Å². The summed E-state index contributed by atoms with van der Waals surface area (Å²) in [5, 5.41) is 21.3. The smallest absolute Gasteiger partial charge is 0.224 e. The predicted octanol–water partition coefficient (Wildman–Crippen LogP) is 3.02. The Hall–Kier alpha value is -2.24. The SMILES string of the molecule is CC(CC(=O)Nc1ccc(CO)cc1CO)Cc1cccc(F)c1. The highest BCUT2D eigenvalue weighted by atomic mass is 19.1. The fraction of sp³-hybridized carbons (Fsp3) is 0.316. The Morgan fingerprint density at radius 3 is 2.58 bits per heavy atom. The number of aliphatic hydroxyl groups is 2. The molecular formula is C19H22FNO3. The Bertz CT molecular complexity index is 703. The Morgan fingerprint density at radius 2 is 1.92 bits per heavy atom. The monoisotopic (exact) mass is 331 g/mol. The minimum atomic E-state index is -0.277. The summed E-state index contributed by atoms with van der Waals surface area (Å²) in [6, 6.07) is 11.4. The van der Waals surface area contributed by atoms with Crippen LogP contribution in [0.2, 0.25) is 0 Å². The van der Waals surface area contributed by atoms with E-state index in [4.69, 9.17) is 5.11 Å². The molecule has 5 heteroatoms. The molecule has 0 radical (unpaired) electrons. The van der Waals surface area contributed by atoms with E-state index in [1.165, 1.54) is 12.1 Å². The summed E-state index contributed by atoms with van der Waals surface area (Å²) in [7, 11) is 0. The van der Waals surface area contributed by atoms with Crippen LogP contribution in [0, 0.1) is 11.7 Å². The van der Waals surface area contributed by atoms with Crippen molar-refractivity contribution in [3.8, 4) is 0 Å². The number of nitrogens with one attached hydrogen (secondary N) is 1. The molecule has 0 heterocycles. The number of hydrogen-bond acceptors (Lipinski definition) is 3. The second-order valence-electron chi connectivity index (χ2n) is 6.00. The van der Waals surface area contributed by atoms with Gasteiger partial charge in [-0.2, -0.15) is 0 Å². The highest BCUT2D eigenvalue weighted by molar-refractivity contribution is 5.91. The first-order valence-corrected chi connectivity index (χ1v) is 7.89. The van der Waals surface area contributed by atoms with E-state index in [-0.39, 0.29) is 30.9 Å². The quantitative estimate of drug-likeness (QED) is 0.730. The second kappa shape index (κ2) is 8.57. The lowest BCUT2D eigenvalue weighted by Gasteiger charge is -2.14. The summed E-state index contributed by atoms with van der Waals surface area (Å²) < 4.78 is 13.2. The molecule has 0 aliphatic carbocycles. The van der Waals surface area contributed by atoms with Crippen LogP contribution in [-0.4, -0.2) is 16.1 Å². The third kappa shape index (κ3) is 5.15. The number of hydrogen-bond donors (Lipinski definition) is 3. The van der Waals surface area contributed by atoms with Crippen molar-refractivity contribution in [1.29, 1.82) is 0 Å². The van der Waals surface area contributed by atoms with Crippen molar-refractivity contribution in [2.75, 3.05) is 5.32 Å². The molecule has 0 aromatic heterocycles. The van der Waals surface area contributed by atoms with Gasteiger partial charge in [-0.05, 0) is 47.7 Å². The first-order valence-electron chi connectivity index (χ1n) is 7.89. The van der Waals surface area contributed by atoms with Crippen LogP contribution in [0.15, 0.2) is 42.5 Å². The number of anilines is 1. The van der Waals surface area contributed by atoms with Gasteiger partial charge in [-0.15, -0.1) is 0 Å². The topological polar surface area (TPSA) is 69.6 Å². The predicted molar refractivity (Wildman–Crippen MR) is 90.8 cm³/mol. The summed E-state index contributed by atoms with van der Waals surface area (Å²) in [4.78, 5) is 12.2. The molecule has 2 aromatic rings. The van der Waals surface area contributed by atoms with Gasteiger partial charge in [0, 0.05) is 17.7 Å². The molecule has 0 bridgehead atoms. The van der Waals surface area contributed by atoms with Crippen molar-refractivity contribution < 1.29 is 19.4 Å². The molecule has 0 aliphatic heterocycles. The lowest BCUT2D eigenvalue weighted by Crippen LogP contribution is -2.17. The Labute approximate surface area is 141 Å². The number of benzene rings is 2. The van der Waals surface area contributed by atoms with E-state index < -0.39 is 0 Å². The molecule has 0 fully saturated rings. The molecule has 4 nitrogen and oxygen atoms in total. The summed E-state index contributed by atoms with van der Waals surface area (Å²) >= 11 is 0. The van der Waals surface area contributed by atoms with E-state index in [0.29, 0.717) is 29.7 Å². The zero-order valence-electron chi connectivity index (χ0n) is 13.6. The minimum Gasteiger partial charge on any atom is -0.392 e. The van der Waals surface area contributed by atoms with Crippen LogP contribution >= 0.6 is 0 Å². The van der Waals surface area contributed by atoms with Crippen LogP contribution in [0.1, 0.15) is 30.0 Å². The standard InChI is InChI=1S/C19H22FNO3/c1-13(7-14-3-2-4-17(20)10-14)8-19(24)21-18-6-5-15(11-22)9-16(18)12-23/h2-6,9-10,13,22-23H,7-8,11-12H2,1H3,(H,21,24). The molecule has 1 unspecified atom stereocenters. The number of halogens is 1. The van der Waals surface area contributed by atoms with Gasteiger partial charge in [-0.25, -0.2) is 4.39 Å². The lowest BCUT2D eigenvalue weighted by atomic mass is 9.97. The van der Waals surface area contributed by atoms with Crippen molar-refractivity contribution in [3.05, 3.63) is 65.0 Å². The van der Waals surface area contributed by atoms with Crippen molar-refractivity contribution in [2.45, 2.75) is 33.0 Å². The first kappa shape index (κ1) is 18.1. The van der Waals surface area contributed by atoms with Crippen molar-refractivity contribution >= 4 is 11.6 Å². The number of amides is 1. The van der Waals surface area contributed by atoms with E-state index in [9.17, 15) is 14.3 Å². The summed E-state index contributed by atoms with van der Waals surface area (Å²) in [5.74, 6) is -0.382. The Morgan fingerprint density at radius 1 is 1.12 bits per heavy atom. The first-order chi connectivity index (χ1) is 11.5. The Balaban J connectivity index is 1.95. The number of rotatable bonds is 7. The number of aliphatic hydroxyl groups excluding tert-OH is 2. The molecular weight excluding hydrogens is 309 g/mol. The molecule has 2 aromatic carbocycles. The van der Waals surface area contributed by atoms with E-state index >= 15 is 0 Å². The molecule has 24 heavy (non-hydrogen) atoms.